The van der Waals surface area contributed by atoms with Gasteiger partial charge in [-0.25, -0.2) is 4.79 Å². The Kier molecular flexibility index (Phi) is 4.65. The van der Waals surface area contributed by atoms with Crippen molar-refractivity contribution in [2.45, 2.75) is 32.7 Å². The fourth-order valence-electron chi connectivity index (χ4n) is 3.55. The van der Waals surface area contributed by atoms with Gasteiger partial charge in [0.25, 0.3) is 0 Å². The zero-order valence-electron chi connectivity index (χ0n) is 14.6. The SMILES string of the molecule is COc1ccc(-c2ccc3c(c2)CCC(C)(C)C3NC(=O)O)cc1Cl. The third-order valence-corrected chi connectivity index (χ3v) is 5.32. The summed E-state index contributed by atoms with van der Waals surface area (Å²) >= 11 is 6.24. The zero-order valence-corrected chi connectivity index (χ0v) is 15.4. The number of rotatable bonds is 3. The highest BCUT2D eigenvalue weighted by molar-refractivity contribution is 6.32. The summed E-state index contributed by atoms with van der Waals surface area (Å²) in [5, 5.41) is 12.5. The van der Waals surface area contributed by atoms with Gasteiger partial charge in [-0.15, -0.1) is 0 Å². The fraction of sp³-hybridized carbons (Fsp3) is 0.350. The van der Waals surface area contributed by atoms with Crippen LogP contribution in [0.25, 0.3) is 11.1 Å². The standard InChI is InChI=1S/C20H22ClNO3/c1-20(2)9-8-14-10-12(4-6-15(14)18(20)22-19(23)24)13-5-7-17(25-3)16(21)11-13/h4-7,10-11,18,22H,8-9H2,1-3H3,(H,23,24). The number of aryl methyl sites for hydroxylation is 1. The van der Waals surface area contributed by atoms with Crippen LogP contribution in [0.4, 0.5) is 4.79 Å². The Morgan fingerprint density at radius 3 is 2.56 bits per heavy atom. The number of hydrogen-bond donors (Lipinski definition) is 2. The van der Waals surface area contributed by atoms with Gasteiger partial charge in [-0.3, -0.25) is 0 Å². The molecule has 2 N–H and O–H groups in total. The van der Waals surface area contributed by atoms with Crippen LogP contribution in [0.2, 0.25) is 5.02 Å². The molecule has 0 aliphatic heterocycles. The molecule has 3 rings (SSSR count). The highest BCUT2D eigenvalue weighted by atomic mass is 35.5. The number of amides is 1. The molecule has 0 heterocycles. The first kappa shape index (κ1) is 17.6. The van der Waals surface area contributed by atoms with Crippen molar-refractivity contribution in [2.75, 3.05) is 7.11 Å². The van der Waals surface area contributed by atoms with E-state index in [-0.39, 0.29) is 11.5 Å². The molecular weight excluding hydrogens is 338 g/mol. The Labute approximate surface area is 152 Å². The van der Waals surface area contributed by atoms with Gasteiger partial charge in [0.05, 0.1) is 18.2 Å². The lowest BCUT2D eigenvalue weighted by Gasteiger charge is -2.40. The van der Waals surface area contributed by atoms with Gasteiger partial charge in [0, 0.05) is 0 Å². The van der Waals surface area contributed by atoms with E-state index in [1.54, 1.807) is 7.11 Å². The molecule has 132 valence electrons. The average molecular weight is 360 g/mol. The Bertz CT molecular complexity index is 817. The maximum Gasteiger partial charge on any atom is 0.405 e. The maximum absolute atomic E-state index is 11.2. The third-order valence-electron chi connectivity index (χ3n) is 5.03. The molecular formula is C20H22ClNO3. The van der Waals surface area contributed by atoms with Crippen molar-refractivity contribution in [3.8, 4) is 16.9 Å². The van der Waals surface area contributed by atoms with Crippen LogP contribution in [0, 0.1) is 5.41 Å². The van der Waals surface area contributed by atoms with E-state index in [1.165, 1.54) is 5.56 Å². The van der Waals surface area contributed by atoms with E-state index in [2.05, 4.69) is 25.2 Å². The molecule has 2 aromatic rings. The quantitative estimate of drug-likeness (QED) is 0.782. The highest BCUT2D eigenvalue weighted by Gasteiger charge is 2.37. The molecule has 0 spiro atoms. The Balaban J connectivity index is 2.00. The summed E-state index contributed by atoms with van der Waals surface area (Å²) in [6.45, 7) is 4.21. The molecule has 2 aromatic carbocycles. The number of benzene rings is 2. The minimum atomic E-state index is -0.989. The van der Waals surface area contributed by atoms with E-state index in [0.717, 1.165) is 29.5 Å². The molecule has 1 atom stereocenters. The second kappa shape index (κ2) is 6.60. The Morgan fingerprint density at radius 2 is 1.92 bits per heavy atom. The lowest BCUT2D eigenvalue weighted by Crippen LogP contribution is -2.40. The normalized spacial score (nSPS) is 18.3. The number of hydrogen-bond acceptors (Lipinski definition) is 2. The maximum atomic E-state index is 11.2. The van der Waals surface area contributed by atoms with Crippen molar-refractivity contribution < 1.29 is 14.6 Å². The van der Waals surface area contributed by atoms with Crippen LogP contribution >= 0.6 is 11.6 Å². The van der Waals surface area contributed by atoms with E-state index < -0.39 is 6.09 Å². The molecule has 0 aromatic heterocycles. The van der Waals surface area contributed by atoms with Crippen molar-refractivity contribution in [3.05, 3.63) is 52.5 Å². The van der Waals surface area contributed by atoms with Gasteiger partial charge in [0.15, 0.2) is 0 Å². The Morgan fingerprint density at radius 1 is 1.24 bits per heavy atom. The average Bonchev–Trinajstić information content (AvgIpc) is 2.57. The fourth-order valence-corrected chi connectivity index (χ4v) is 3.81. The lowest BCUT2D eigenvalue weighted by molar-refractivity contribution is 0.161. The minimum Gasteiger partial charge on any atom is -0.495 e. The number of ether oxygens (including phenoxy) is 1. The van der Waals surface area contributed by atoms with E-state index in [4.69, 9.17) is 16.3 Å². The smallest absolute Gasteiger partial charge is 0.405 e. The second-order valence-electron chi connectivity index (χ2n) is 7.13. The number of halogens is 1. The van der Waals surface area contributed by atoms with Crippen molar-refractivity contribution in [1.82, 2.24) is 5.32 Å². The molecule has 0 radical (unpaired) electrons. The summed E-state index contributed by atoms with van der Waals surface area (Å²) < 4.78 is 5.20. The zero-order chi connectivity index (χ0) is 18.2. The molecule has 25 heavy (non-hydrogen) atoms. The summed E-state index contributed by atoms with van der Waals surface area (Å²) in [7, 11) is 1.59. The minimum absolute atomic E-state index is 0.115. The van der Waals surface area contributed by atoms with Gasteiger partial charge in [-0.1, -0.05) is 49.7 Å². The molecule has 0 saturated carbocycles. The van der Waals surface area contributed by atoms with Gasteiger partial charge < -0.3 is 15.2 Å². The molecule has 1 aliphatic rings. The number of carbonyl (C=O) groups is 1. The predicted octanol–water partition coefficient (Wildman–Crippen LogP) is 5.30. The number of fused-ring (bicyclic) bond motifs is 1. The van der Waals surface area contributed by atoms with E-state index in [1.807, 2.05) is 30.3 Å². The third kappa shape index (κ3) is 3.45. The molecule has 1 amide bonds. The molecule has 0 bridgehead atoms. The van der Waals surface area contributed by atoms with Crippen LogP contribution in [0.15, 0.2) is 36.4 Å². The van der Waals surface area contributed by atoms with Crippen molar-refractivity contribution in [2.24, 2.45) is 5.41 Å². The first-order chi connectivity index (χ1) is 11.8. The monoisotopic (exact) mass is 359 g/mol. The molecule has 5 heteroatoms. The largest absolute Gasteiger partial charge is 0.495 e. The number of methoxy groups -OCH3 is 1. The molecule has 1 aliphatic carbocycles. The number of nitrogens with one attached hydrogen (secondary N) is 1. The first-order valence-corrected chi connectivity index (χ1v) is 8.66. The van der Waals surface area contributed by atoms with Gasteiger partial charge in [-0.05, 0) is 52.6 Å². The summed E-state index contributed by atoms with van der Waals surface area (Å²) in [5.41, 5.74) is 4.21. The molecule has 0 fully saturated rings. The van der Waals surface area contributed by atoms with Gasteiger partial charge in [0.2, 0.25) is 0 Å². The van der Waals surface area contributed by atoms with Crippen molar-refractivity contribution in [3.63, 3.8) is 0 Å². The van der Waals surface area contributed by atoms with Crippen molar-refractivity contribution >= 4 is 17.7 Å². The lowest BCUT2D eigenvalue weighted by atomic mass is 9.70. The number of carboxylic acid groups (broad SMARTS) is 1. The summed E-state index contributed by atoms with van der Waals surface area (Å²) in [4.78, 5) is 11.2. The van der Waals surface area contributed by atoms with E-state index >= 15 is 0 Å². The van der Waals surface area contributed by atoms with Crippen molar-refractivity contribution in [1.29, 1.82) is 0 Å². The van der Waals surface area contributed by atoms with Crippen LogP contribution in [0.5, 0.6) is 5.75 Å². The van der Waals surface area contributed by atoms with E-state index in [0.29, 0.717) is 10.8 Å². The summed E-state index contributed by atoms with van der Waals surface area (Å²) in [6.07, 6.45) is 0.868. The highest BCUT2D eigenvalue weighted by Crippen LogP contribution is 2.44. The summed E-state index contributed by atoms with van der Waals surface area (Å²) in [5.74, 6) is 0.649. The second-order valence-corrected chi connectivity index (χ2v) is 7.54. The van der Waals surface area contributed by atoms with Crippen LogP contribution in [-0.4, -0.2) is 18.3 Å². The molecule has 0 saturated heterocycles. The van der Waals surface area contributed by atoms with E-state index in [9.17, 15) is 9.90 Å². The molecule has 1 unspecified atom stereocenters. The van der Waals surface area contributed by atoms with Gasteiger partial charge in [0.1, 0.15) is 5.75 Å². The Hall–Kier alpha value is -2.20. The van der Waals surface area contributed by atoms with Crippen LogP contribution in [-0.2, 0) is 6.42 Å². The van der Waals surface area contributed by atoms with Crippen LogP contribution in [0.3, 0.4) is 0 Å². The first-order valence-electron chi connectivity index (χ1n) is 8.28. The predicted molar refractivity (Wildman–Crippen MR) is 99.4 cm³/mol. The topological polar surface area (TPSA) is 58.6 Å². The summed E-state index contributed by atoms with van der Waals surface area (Å²) in [6, 6.07) is 11.7. The van der Waals surface area contributed by atoms with Gasteiger partial charge >= 0.3 is 6.09 Å². The van der Waals surface area contributed by atoms with Gasteiger partial charge in [-0.2, -0.15) is 0 Å². The van der Waals surface area contributed by atoms with Crippen LogP contribution < -0.4 is 10.1 Å². The van der Waals surface area contributed by atoms with Crippen LogP contribution in [0.1, 0.15) is 37.4 Å². The molecule has 4 nitrogen and oxygen atoms in total.